The maximum atomic E-state index is 8.66. The van der Waals surface area contributed by atoms with Gasteiger partial charge < -0.3 is 4.42 Å². The summed E-state index contributed by atoms with van der Waals surface area (Å²) in [4.78, 5) is 5.89. The number of hydrogen-bond acceptors (Lipinski definition) is 3. The lowest BCUT2D eigenvalue weighted by Gasteiger charge is -2.18. The topological polar surface area (TPSA) is 26.0 Å². The molecule has 146 valence electrons. The standard InChI is InChI=1S/C26H25NOS/c1-15-16(2)29-22-10-9-19-18-7-6-8-20(24(18)28-25(19)23(15)22)21-13-17(11-12-27-21)14-26(3,4)5/h6-13H,14H2,1-5H3/i14D2. The minimum atomic E-state index is -1.48. The predicted octanol–water partition coefficient (Wildman–Crippen LogP) is 8.07. The number of aromatic nitrogens is 1. The van der Waals surface area contributed by atoms with Crippen molar-refractivity contribution in [3.8, 4) is 11.3 Å². The Balaban J connectivity index is 1.78. The van der Waals surface area contributed by atoms with Crippen LogP contribution in [0, 0.1) is 19.3 Å². The van der Waals surface area contributed by atoms with Gasteiger partial charge in [0.25, 0.3) is 0 Å². The molecule has 0 unspecified atom stereocenters. The Bertz CT molecular complexity index is 1470. The second-order valence-corrected chi connectivity index (χ2v) is 9.94. The molecule has 0 N–H and O–H groups in total. The molecule has 5 aromatic rings. The van der Waals surface area contributed by atoms with Crippen LogP contribution in [0.3, 0.4) is 0 Å². The average molecular weight is 402 g/mol. The molecule has 3 heterocycles. The Morgan fingerprint density at radius 3 is 2.62 bits per heavy atom. The van der Waals surface area contributed by atoms with E-state index in [4.69, 9.17) is 7.16 Å². The van der Waals surface area contributed by atoms with Gasteiger partial charge in [0.2, 0.25) is 0 Å². The number of benzene rings is 2. The molecular weight excluding hydrogens is 374 g/mol. The fourth-order valence-electron chi connectivity index (χ4n) is 3.99. The second-order valence-electron chi connectivity index (χ2n) is 8.69. The van der Waals surface area contributed by atoms with Crippen molar-refractivity contribution in [1.29, 1.82) is 0 Å². The molecule has 0 amide bonds. The first-order valence-corrected chi connectivity index (χ1v) is 10.7. The first-order valence-electron chi connectivity index (χ1n) is 10.9. The molecule has 0 aliphatic heterocycles. The number of fused-ring (bicyclic) bond motifs is 5. The molecule has 0 fully saturated rings. The highest BCUT2D eigenvalue weighted by molar-refractivity contribution is 7.19. The van der Waals surface area contributed by atoms with Gasteiger partial charge >= 0.3 is 0 Å². The number of hydrogen-bond donors (Lipinski definition) is 0. The van der Waals surface area contributed by atoms with E-state index in [0.717, 1.165) is 33.2 Å². The van der Waals surface area contributed by atoms with Gasteiger partial charge in [-0.25, -0.2) is 0 Å². The predicted molar refractivity (Wildman–Crippen MR) is 125 cm³/mol. The van der Waals surface area contributed by atoms with E-state index >= 15 is 0 Å². The van der Waals surface area contributed by atoms with E-state index in [0.29, 0.717) is 5.56 Å². The molecule has 5 rings (SSSR count). The van der Waals surface area contributed by atoms with Crippen molar-refractivity contribution < 1.29 is 7.16 Å². The van der Waals surface area contributed by atoms with Crippen molar-refractivity contribution in [1.82, 2.24) is 4.98 Å². The number of furan rings is 1. The van der Waals surface area contributed by atoms with Crippen LogP contribution in [-0.4, -0.2) is 4.98 Å². The first kappa shape index (κ1) is 16.2. The number of thiophene rings is 1. The Morgan fingerprint density at radius 2 is 1.83 bits per heavy atom. The Labute approximate surface area is 178 Å². The van der Waals surface area contributed by atoms with Crippen LogP contribution in [0.15, 0.2) is 53.1 Å². The largest absolute Gasteiger partial charge is 0.455 e. The van der Waals surface area contributed by atoms with Gasteiger partial charge in [-0.3, -0.25) is 4.98 Å². The van der Waals surface area contributed by atoms with Gasteiger partial charge in [0, 0.05) is 40.2 Å². The van der Waals surface area contributed by atoms with Crippen molar-refractivity contribution >= 4 is 43.4 Å². The van der Waals surface area contributed by atoms with Gasteiger partial charge in [-0.1, -0.05) is 32.9 Å². The Morgan fingerprint density at radius 1 is 1.03 bits per heavy atom. The monoisotopic (exact) mass is 401 g/mol. The third kappa shape index (κ3) is 3.05. The molecule has 29 heavy (non-hydrogen) atoms. The fraction of sp³-hybridized carbons (Fsp3) is 0.269. The molecule has 0 atom stereocenters. The molecule has 0 radical (unpaired) electrons. The summed E-state index contributed by atoms with van der Waals surface area (Å²) in [5.41, 5.74) is 4.70. The van der Waals surface area contributed by atoms with E-state index in [9.17, 15) is 0 Å². The smallest absolute Gasteiger partial charge is 0.144 e. The summed E-state index contributed by atoms with van der Waals surface area (Å²) in [5.74, 6) is 0. The van der Waals surface area contributed by atoms with E-state index in [1.165, 1.54) is 20.5 Å². The summed E-state index contributed by atoms with van der Waals surface area (Å²) in [5, 5.41) is 3.35. The Hall–Kier alpha value is -2.65. The number of rotatable bonds is 2. The molecule has 0 bridgehead atoms. The molecule has 0 aliphatic rings. The summed E-state index contributed by atoms with van der Waals surface area (Å²) < 4.78 is 25.1. The second kappa shape index (κ2) is 6.43. The third-order valence-corrected chi connectivity index (χ3v) is 6.52. The van der Waals surface area contributed by atoms with Crippen LogP contribution in [0.5, 0.6) is 0 Å². The quantitative estimate of drug-likeness (QED) is 0.299. The summed E-state index contributed by atoms with van der Waals surface area (Å²) in [6.07, 6.45) is 0.213. The highest BCUT2D eigenvalue weighted by Crippen LogP contribution is 2.42. The maximum absolute atomic E-state index is 8.66. The van der Waals surface area contributed by atoms with Crippen LogP contribution in [0.1, 0.15) is 39.5 Å². The van der Waals surface area contributed by atoms with Crippen molar-refractivity contribution in [2.75, 3.05) is 0 Å². The molecule has 0 aliphatic carbocycles. The number of para-hydroxylation sites is 1. The SMILES string of the molecule is [2H]C([2H])(c1ccnc(-c2cccc3c2oc2c3ccc3sc(C)c(C)c32)c1)C(C)(C)C. The van der Waals surface area contributed by atoms with Gasteiger partial charge in [-0.05, 0) is 67.1 Å². The zero-order valence-electron chi connectivity index (χ0n) is 19.4. The molecular formula is C26H25NOS. The van der Waals surface area contributed by atoms with E-state index in [2.05, 4.69) is 37.0 Å². The molecule has 3 aromatic heterocycles. The van der Waals surface area contributed by atoms with Gasteiger partial charge in [-0.2, -0.15) is 0 Å². The molecule has 2 aromatic carbocycles. The maximum Gasteiger partial charge on any atom is 0.144 e. The normalized spacial score (nSPS) is 14.0. The van der Waals surface area contributed by atoms with E-state index in [-0.39, 0.29) is 0 Å². The third-order valence-electron chi connectivity index (χ3n) is 5.35. The first-order chi connectivity index (χ1) is 14.6. The van der Waals surface area contributed by atoms with E-state index in [1.54, 1.807) is 23.6 Å². The van der Waals surface area contributed by atoms with Gasteiger partial charge in [0.1, 0.15) is 11.2 Å². The van der Waals surface area contributed by atoms with Crippen molar-refractivity contribution in [3.63, 3.8) is 0 Å². The summed E-state index contributed by atoms with van der Waals surface area (Å²) in [6.45, 7) is 10.1. The fourth-order valence-corrected chi connectivity index (χ4v) is 5.06. The highest BCUT2D eigenvalue weighted by atomic mass is 32.1. The van der Waals surface area contributed by atoms with Crippen LogP contribution in [-0.2, 0) is 6.37 Å². The van der Waals surface area contributed by atoms with Crippen molar-refractivity contribution in [2.24, 2.45) is 5.41 Å². The molecule has 2 nitrogen and oxygen atoms in total. The lowest BCUT2D eigenvalue weighted by atomic mass is 9.88. The van der Waals surface area contributed by atoms with Gasteiger partial charge in [-0.15, -0.1) is 11.3 Å². The van der Waals surface area contributed by atoms with Crippen LogP contribution in [0.25, 0.3) is 43.3 Å². The number of nitrogens with zero attached hydrogens (tertiary/aromatic N) is 1. The van der Waals surface area contributed by atoms with Crippen LogP contribution >= 0.6 is 11.3 Å². The minimum absolute atomic E-state index is 0.531. The molecule has 0 saturated carbocycles. The Kier molecular flexibility index (Phi) is 3.59. The van der Waals surface area contributed by atoms with Crippen LogP contribution in [0.4, 0.5) is 0 Å². The van der Waals surface area contributed by atoms with Gasteiger partial charge in [0.05, 0.1) is 5.69 Å². The molecule has 0 saturated heterocycles. The number of pyridine rings is 1. The zero-order chi connectivity index (χ0) is 22.1. The van der Waals surface area contributed by atoms with Crippen molar-refractivity contribution in [2.45, 2.75) is 41.0 Å². The van der Waals surface area contributed by atoms with Crippen molar-refractivity contribution in [3.05, 3.63) is 64.7 Å². The molecule has 3 heteroatoms. The summed E-state index contributed by atoms with van der Waals surface area (Å²) in [6, 6.07) is 14.1. The van der Waals surface area contributed by atoms with Crippen LogP contribution < -0.4 is 0 Å². The minimum Gasteiger partial charge on any atom is -0.455 e. The number of aryl methyl sites for hydroxylation is 2. The lowest BCUT2D eigenvalue weighted by molar-refractivity contribution is 0.411. The zero-order valence-corrected chi connectivity index (χ0v) is 18.2. The van der Waals surface area contributed by atoms with Crippen LogP contribution in [0.2, 0.25) is 0 Å². The van der Waals surface area contributed by atoms with E-state index in [1.807, 2.05) is 39.0 Å². The summed E-state index contributed by atoms with van der Waals surface area (Å²) in [7, 11) is 0. The highest BCUT2D eigenvalue weighted by Gasteiger charge is 2.18. The average Bonchev–Trinajstić information content (AvgIpc) is 3.24. The summed E-state index contributed by atoms with van der Waals surface area (Å²) >= 11 is 1.80. The van der Waals surface area contributed by atoms with Gasteiger partial charge in [0.15, 0.2) is 0 Å². The lowest BCUT2D eigenvalue weighted by Crippen LogP contribution is -2.09. The molecule has 0 spiro atoms. The van der Waals surface area contributed by atoms with E-state index < -0.39 is 11.8 Å².